The molecule has 0 aliphatic carbocycles. The van der Waals surface area contributed by atoms with Crippen LogP contribution < -0.4 is 5.73 Å². The number of carbonyl (C=O) groups is 1. The van der Waals surface area contributed by atoms with Crippen LogP contribution in [-0.2, 0) is 0 Å². The van der Waals surface area contributed by atoms with Crippen LogP contribution >= 0.6 is 0 Å². The second kappa shape index (κ2) is 6.34. The van der Waals surface area contributed by atoms with E-state index in [9.17, 15) is 4.79 Å². The van der Waals surface area contributed by atoms with E-state index in [-0.39, 0.29) is 1.43 Å². The van der Waals surface area contributed by atoms with E-state index in [1.54, 1.807) is 12.1 Å². The van der Waals surface area contributed by atoms with Crippen LogP contribution in [0.1, 0.15) is 32.1 Å². The SMILES string of the molecule is CCC.NC(=O)c1ccncc1.[HH]. The van der Waals surface area contributed by atoms with Gasteiger partial charge in [-0.1, -0.05) is 20.3 Å². The molecule has 2 N–H and O–H groups in total. The van der Waals surface area contributed by atoms with Crippen molar-refractivity contribution >= 4 is 5.91 Å². The number of nitrogens with two attached hydrogens (primary N) is 1. The van der Waals surface area contributed by atoms with Crippen molar-refractivity contribution in [2.24, 2.45) is 5.73 Å². The number of carbonyl (C=O) groups excluding carboxylic acids is 1. The Hall–Kier alpha value is -1.38. The van der Waals surface area contributed by atoms with Gasteiger partial charge in [0.2, 0.25) is 5.91 Å². The van der Waals surface area contributed by atoms with Crippen LogP contribution in [0.4, 0.5) is 0 Å². The van der Waals surface area contributed by atoms with Gasteiger partial charge in [0.1, 0.15) is 0 Å². The molecule has 0 aliphatic rings. The second-order valence-corrected chi connectivity index (χ2v) is 2.31. The molecule has 0 atom stereocenters. The van der Waals surface area contributed by atoms with Crippen molar-refractivity contribution in [3.63, 3.8) is 0 Å². The smallest absolute Gasteiger partial charge is 0.248 e. The Kier molecular flexibility index (Phi) is 5.61. The molecule has 0 spiro atoms. The molecule has 3 heteroatoms. The van der Waals surface area contributed by atoms with Crippen LogP contribution in [0, 0.1) is 0 Å². The lowest BCUT2D eigenvalue weighted by atomic mass is 10.3. The lowest BCUT2D eigenvalue weighted by Gasteiger charge is -1.88. The van der Waals surface area contributed by atoms with Crippen LogP contribution in [0.25, 0.3) is 0 Å². The first kappa shape index (κ1) is 10.6. The molecular formula is C9H16N2O. The molecule has 1 aromatic rings. The quantitative estimate of drug-likeness (QED) is 0.695. The molecule has 1 rings (SSSR count). The minimum Gasteiger partial charge on any atom is -0.366 e. The Morgan fingerprint density at radius 1 is 1.50 bits per heavy atom. The minimum absolute atomic E-state index is 0. The van der Waals surface area contributed by atoms with Crippen LogP contribution in [-0.4, -0.2) is 10.9 Å². The number of pyridine rings is 1. The summed E-state index contributed by atoms with van der Waals surface area (Å²) in [4.78, 5) is 14.1. The molecule has 0 aromatic carbocycles. The Balaban J connectivity index is 0. The number of amides is 1. The topological polar surface area (TPSA) is 56.0 Å². The van der Waals surface area contributed by atoms with Crippen molar-refractivity contribution in [3.05, 3.63) is 30.1 Å². The first-order chi connectivity index (χ1) is 5.72. The highest BCUT2D eigenvalue weighted by molar-refractivity contribution is 5.92. The highest BCUT2D eigenvalue weighted by atomic mass is 16.1. The maximum absolute atomic E-state index is 10.4. The van der Waals surface area contributed by atoms with Gasteiger partial charge in [-0.25, -0.2) is 0 Å². The van der Waals surface area contributed by atoms with Crippen LogP contribution in [0.2, 0.25) is 0 Å². The number of aromatic nitrogens is 1. The van der Waals surface area contributed by atoms with Crippen molar-refractivity contribution < 1.29 is 6.22 Å². The van der Waals surface area contributed by atoms with E-state index in [1.165, 1.54) is 18.8 Å². The molecule has 1 aromatic heterocycles. The first-order valence-electron chi connectivity index (χ1n) is 3.92. The predicted molar refractivity (Wildman–Crippen MR) is 50.8 cm³/mol. The zero-order valence-electron chi connectivity index (χ0n) is 7.45. The summed E-state index contributed by atoms with van der Waals surface area (Å²) in [5.41, 5.74) is 5.44. The molecular weight excluding hydrogens is 152 g/mol. The van der Waals surface area contributed by atoms with Gasteiger partial charge in [-0.05, 0) is 12.1 Å². The maximum atomic E-state index is 10.4. The number of primary amides is 1. The zero-order valence-corrected chi connectivity index (χ0v) is 7.45. The lowest BCUT2D eigenvalue weighted by molar-refractivity contribution is 0.1000. The summed E-state index contributed by atoms with van der Waals surface area (Å²) >= 11 is 0. The number of nitrogens with zero attached hydrogens (tertiary/aromatic N) is 1. The molecule has 0 aliphatic heterocycles. The van der Waals surface area contributed by atoms with Crippen LogP contribution in [0.5, 0.6) is 0 Å². The Labute approximate surface area is 74.1 Å². The van der Waals surface area contributed by atoms with E-state index in [0.29, 0.717) is 5.56 Å². The summed E-state index contributed by atoms with van der Waals surface area (Å²) < 4.78 is 0. The van der Waals surface area contributed by atoms with Gasteiger partial charge >= 0.3 is 0 Å². The van der Waals surface area contributed by atoms with E-state index < -0.39 is 5.91 Å². The normalized spacial score (nSPS) is 8.17. The molecule has 0 radical (unpaired) electrons. The zero-order chi connectivity index (χ0) is 9.40. The third-order valence-corrected chi connectivity index (χ3v) is 0.965. The summed E-state index contributed by atoms with van der Waals surface area (Å²) in [5.74, 6) is -0.419. The fourth-order valence-electron chi connectivity index (χ4n) is 0.516. The Morgan fingerprint density at radius 3 is 2.17 bits per heavy atom. The Morgan fingerprint density at radius 2 is 1.92 bits per heavy atom. The van der Waals surface area contributed by atoms with Crippen molar-refractivity contribution in [2.45, 2.75) is 20.3 Å². The fourth-order valence-corrected chi connectivity index (χ4v) is 0.516. The van der Waals surface area contributed by atoms with Crippen LogP contribution in [0.3, 0.4) is 0 Å². The second-order valence-electron chi connectivity index (χ2n) is 2.31. The minimum atomic E-state index is -0.419. The average Bonchev–Trinajstić information content (AvgIpc) is 2.07. The molecule has 68 valence electrons. The summed E-state index contributed by atoms with van der Waals surface area (Å²) in [6.45, 7) is 4.25. The van der Waals surface area contributed by atoms with E-state index in [1.807, 2.05) is 0 Å². The number of hydrogen-bond donors (Lipinski definition) is 1. The van der Waals surface area contributed by atoms with Gasteiger partial charge < -0.3 is 5.73 Å². The molecule has 0 fully saturated rings. The number of rotatable bonds is 1. The largest absolute Gasteiger partial charge is 0.366 e. The third-order valence-electron chi connectivity index (χ3n) is 0.965. The van der Waals surface area contributed by atoms with Gasteiger partial charge in [0.15, 0.2) is 0 Å². The summed E-state index contributed by atoms with van der Waals surface area (Å²) in [6.07, 6.45) is 4.31. The van der Waals surface area contributed by atoms with Gasteiger partial charge in [0.05, 0.1) is 0 Å². The Bertz CT molecular complexity index is 226. The first-order valence-corrected chi connectivity index (χ1v) is 3.92. The third kappa shape index (κ3) is 4.44. The lowest BCUT2D eigenvalue weighted by Crippen LogP contribution is -2.10. The molecule has 0 saturated carbocycles. The maximum Gasteiger partial charge on any atom is 0.248 e. The molecule has 0 saturated heterocycles. The summed E-state index contributed by atoms with van der Waals surface area (Å²) in [5, 5.41) is 0. The standard InChI is InChI=1S/C6H6N2O.C3H8.H2/c7-6(9)5-1-3-8-4-2-5;1-3-2;/h1-4H,(H2,7,9);3H2,1-2H3;1H. The van der Waals surface area contributed by atoms with Crippen LogP contribution in [0.15, 0.2) is 24.5 Å². The number of hydrogen-bond acceptors (Lipinski definition) is 2. The molecule has 0 unspecified atom stereocenters. The highest BCUT2D eigenvalue weighted by Gasteiger charge is 1.94. The molecule has 1 heterocycles. The average molecular weight is 168 g/mol. The van der Waals surface area contributed by atoms with E-state index >= 15 is 0 Å². The van der Waals surface area contributed by atoms with Gasteiger partial charge in [-0.2, -0.15) is 0 Å². The van der Waals surface area contributed by atoms with E-state index in [0.717, 1.165) is 0 Å². The van der Waals surface area contributed by atoms with Gasteiger partial charge in [0.25, 0.3) is 0 Å². The van der Waals surface area contributed by atoms with Crippen molar-refractivity contribution in [1.29, 1.82) is 0 Å². The highest BCUT2D eigenvalue weighted by Crippen LogP contribution is 1.91. The van der Waals surface area contributed by atoms with Gasteiger partial charge in [-0.15, -0.1) is 0 Å². The van der Waals surface area contributed by atoms with Gasteiger partial charge in [0, 0.05) is 19.4 Å². The van der Waals surface area contributed by atoms with Crippen molar-refractivity contribution in [3.8, 4) is 0 Å². The molecule has 3 nitrogen and oxygen atoms in total. The van der Waals surface area contributed by atoms with Crippen molar-refractivity contribution in [1.82, 2.24) is 4.98 Å². The monoisotopic (exact) mass is 168 g/mol. The fraction of sp³-hybridized carbons (Fsp3) is 0.333. The predicted octanol–water partition coefficient (Wildman–Crippen LogP) is 1.84. The van der Waals surface area contributed by atoms with Gasteiger partial charge in [-0.3, -0.25) is 9.78 Å². The van der Waals surface area contributed by atoms with E-state index in [2.05, 4.69) is 18.8 Å². The summed E-state index contributed by atoms with van der Waals surface area (Å²) in [6, 6.07) is 3.14. The van der Waals surface area contributed by atoms with E-state index in [4.69, 9.17) is 5.73 Å². The molecule has 12 heavy (non-hydrogen) atoms. The molecule has 1 amide bonds. The summed E-state index contributed by atoms with van der Waals surface area (Å²) in [7, 11) is 0. The van der Waals surface area contributed by atoms with Crippen molar-refractivity contribution in [2.75, 3.05) is 0 Å². The molecule has 0 bridgehead atoms.